The third-order valence-corrected chi connectivity index (χ3v) is 3.16. The molecule has 0 heterocycles. The van der Waals surface area contributed by atoms with E-state index >= 15 is 0 Å². The molecule has 2 N–H and O–H groups in total. The van der Waals surface area contributed by atoms with Crippen LogP contribution >= 0.6 is 0 Å². The highest BCUT2D eigenvalue weighted by Gasteiger charge is 2.22. The highest BCUT2D eigenvalue weighted by molar-refractivity contribution is 5.35. The van der Waals surface area contributed by atoms with Gasteiger partial charge in [0.15, 0.2) is 0 Å². The van der Waals surface area contributed by atoms with E-state index in [9.17, 15) is 4.39 Å². The lowest BCUT2D eigenvalue weighted by Gasteiger charge is -2.18. The van der Waals surface area contributed by atoms with Gasteiger partial charge in [-0.2, -0.15) is 0 Å². The number of nitrogens with two attached hydrogens (primary N) is 1. The first-order valence-electron chi connectivity index (χ1n) is 5.60. The van der Waals surface area contributed by atoms with Crippen LogP contribution in [0, 0.1) is 0 Å². The molecule has 0 aliphatic heterocycles. The van der Waals surface area contributed by atoms with E-state index in [2.05, 4.69) is 12.1 Å². The maximum Gasteiger partial charge on any atom is 0.124 e. The van der Waals surface area contributed by atoms with Crippen LogP contribution in [0.2, 0.25) is 0 Å². The molecule has 1 nitrogen and oxygen atoms in total. The van der Waals surface area contributed by atoms with Gasteiger partial charge in [-0.3, -0.25) is 0 Å². The van der Waals surface area contributed by atoms with Crippen molar-refractivity contribution in [3.63, 3.8) is 0 Å². The largest absolute Gasteiger partial charge is 0.328 e. The molecule has 0 spiro atoms. The molecule has 0 amide bonds. The van der Waals surface area contributed by atoms with Gasteiger partial charge in [0, 0.05) is 13.0 Å². The molecule has 1 aliphatic carbocycles. The van der Waals surface area contributed by atoms with Gasteiger partial charge in [0.1, 0.15) is 5.67 Å². The summed E-state index contributed by atoms with van der Waals surface area (Å²) < 4.78 is 13.7. The molecule has 0 saturated heterocycles. The average molecular weight is 207 g/mol. The van der Waals surface area contributed by atoms with Crippen LogP contribution in [-0.4, -0.2) is 12.2 Å². The molecule has 2 heteroatoms. The molecule has 2 rings (SSSR count). The summed E-state index contributed by atoms with van der Waals surface area (Å²) in [6.45, 7) is 1.66. The van der Waals surface area contributed by atoms with E-state index in [1.165, 1.54) is 24.0 Å². The van der Waals surface area contributed by atoms with E-state index < -0.39 is 5.67 Å². The average Bonchev–Trinajstić information content (AvgIpc) is 2.64. The Morgan fingerprint density at radius 1 is 1.33 bits per heavy atom. The Bertz CT molecular complexity index is 358. The molecule has 0 bridgehead atoms. The van der Waals surface area contributed by atoms with Gasteiger partial charge < -0.3 is 5.73 Å². The maximum atomic E-state index is 13.7. The second-order valence-electron chi connectivity index (χ2n) is 4.75. The topological polar surface area (TPSA) is 26.0 Å². The molecule has 15 heavy (non-hydrogen) atoms. The van der Waals surface area contributed by atoms with Crippen molar-refractivity contribution in [2.45, 2.75) is 38.3 Å². The summed E-state index contributed by atoms with van der Waals surface area (Å²) in [6, 6.07) is 6.33. The molecule has 0 fully saturated rings. The molecule has 0 radical (unpaired) electrons. The highest BCUT2D eigenvalue weighted by atomic mass is 19.1. The summed E-state index contributed by atoms with van der Waals surface area (Å²) >= 11 is 0. The first-order chi connectivity index (χ1) is 7.11. The number of aryl methyl sites for hydroxylation is 2. The van der Waals surface area contributed by atoms with Crippen molar-refractivity contribution in [1.29, 1.82) is 0 Å². The first-order valence-corrected chi connectivity index (χ1v) is 5.60. The number of fused-ring (bicyclic) bond motifs is 1. The lowest BCUT2D eigenvalue weighted by Crippen LogP contribution is -2.31. The minimum absolute atomic E-state index is 0.0874. The molecular formula is C13H18FN. The summed E-state index contributed by atoms with van der Waals surface area (Å²) in [4.78, 5) is 0. The summed E-state index contributed by atoms with van der Waals surface area (Å²) in [7, 11) is 0. The first kappa shape index (κ1) is 10.6. The van der Waals surface area contributed by atoms with Crippen LogP contribution in [0.3, 0.4) is 0 Å². The van der Waals surface area contributed by atoms with E-state index in [0.717, 1.165) is 12.0 Å². The van der Waals surface area contributed by atoms with Gasteiger partial charge in [0.05, 0.1) is 0 Å². The minimum atomic E-state index is -1.27. The number of hydrogen-bond donors (Lipinski definition) is 1. The van der Waals surface area contributed by atoms with Crippen molar-refractivity contribution in [2.75, 3.05) is 6.54 Å². The number of rotatable bonds is 3. The molecule has 1 aromatic rings. The van der Waals surface area contributed by atoms with Crippen molar-refractivity contribution in [1.82, 2.24) is 0 Å². The Morgan fingerprint density at radius 2 is 2.07 bits per heavy atom. The molecule has 1 aromatic carbocycles. The van der Waals surface area contributed by atoms with Crippen LogP contribution in [0.15, 0.2) is 18.2 Å². The van der Waals surface area contributed by atoms with Gasteiger partial charge in [-0.1, -0.05) is 18.2 Å². The van der Waals surface area contributed by atoms with Crippen LogP contribution in [0.5, 0.6) is 0 Å². The molecule has 0 aromatic heterocycles. The van der Waals surface area contributed by atoms with Gasteiger partial charge in [-0.15, -0.1) is 0 Å². The van der Waals surface area contributed by atoms with Crippen molar-refractivity contribution in [3.05, 3.63) is 34.9 Å². The third kappa shape index (κ3) is 2.37. The van der Waals surface area contributed by atoms with Gasteiger partial charge in [-0.25, -0.2) is 4.39 Å². The van der Waals surface area contributed by atoms with Gasteiger partial charge in [0.25, 0.3) is 0 Å². The molecule has 82 valence electrons. The number of hydrogen-bond acceptors (Lipinski definition) is 1. The van der Waals surface area contributed by atoms with Crippen LogP contribution in [0.25, 0.3) is 0 Å². The quantitative estimate of drug-likeness (QED) is 0.809. The number of halogens is 1. The van der Waals surface area contributed by atoms with Crippen LogP contribution in [0.4, 0.5) is 4.39 Å². The SMILES string of the molecule is CC(F)(CN)Cc1ccc2c(c1)CCC2. The molecule has 1 unspecified atom stereocenters. The fourth-order valence-electron chi connectivity index (χ4n) is 2.23. The Labute approximate surface area is 90.5 Å². The van der Waals surface area contributed by atoms with Gasteiger partial charge in [0.2, 0.25) is 0 Å². The van der Waals surface area contributed by atoms with Crippen LogP contribution in [-0.2, 0) is 19.3 Å². The molecule has 0 saturated carbocycles. The van der Waals surface area contributed by atoms with Crippen molar-refractivity contribution < 1.29 is 4.39 Å². The predicted octanol–water partition coefficient (Wildman–Crippen LogP) is 2.40. The van der Waals surface area contributed by atoms with E-state index in [4.69, 9.17) is 5.73 Å². The summed E-state index contributed by atoms with van der Waals surface area (Å²) in [5, 5.41) is 0. The fourth-order valence-corrected chi connectivity index (χ4v) is 2.23. The zero-order valence-corrected chi connectivity index (χ0v) is 9.22. The lowest BCUT2D eigenvalue weighted by molar-refractivity contribution is 0.200. The van der Waals surface area contributed by atoms with Gasteiger partial charge >= 0.3 is 0 Å². The fraction of sp³-hybridized carbons (Fsp3) is 0.538. The minimum Gasteiger partial charge on any atom is -0.328 e. The Kier molecular flexibility index (Phi) is 2.79. The number of benzene rings is 1. The lowest BCUT2D eigenvalue weighted by atomic mass is 9.96. The van der Waals surface area contributed by atoms with Crippen molar-refractivity contribution in [2.24, 2.45) is 5.73 Å². The van der Waals surface area contributed by atoms with E-state index in [0.29, 0.717) is 6.42 Å². The standard InChI is InChI=1S/C13H18FN/c1-13(14,9-15)8-10-5-6-11-3-2-4-12(11)7-10/h5-7H,2-4,8-9,15H2,1H3. The zero-order valence-electron chi connectivity index (χ0n) is 9.22. The van der Waals surface area contributed by atoms with E-state index in [-0.39, 0.29) is 6.54 Å². The molecule has 1 aliphatic rings. The van der Waals surface area contributed by atoms with Gasteiger partial charge in [-0.05, 0) is 42.9 Å². The number of alkyl halides is 1. The van der Waals surface area contributed by atoms with Crippen molar-refractivity contribution in [3.8, 4) is 0 Å². The molecular weight excluding hydrogens is 189 g/mol. The normalized spacial score (nSPS) is 18.6. The monoisotopic (exact) mass is 207 g/mol. The van der Waals surface area contributed by atoms with Crippen molar-refractivity contribution >= 4 is 0 Å². The Morgan fingerprint density at radius 3 is 2.80 bits per heavy atom. The van der Waals surface area contributed by atoms with E-state index in [1.807, 2.05) is 6.07 Å². The summed E-state index contributed by atoms with van der Waals surface area (Å²) in [6.07, 6.45) is 3.99. The summed E-state index contributed by atoms with van der Waals surface area (Å²) in [5.41, 5.74) is 8.04. The Balaban J connectivity index is 2.17. The second kappa shape index (κ2) is 3.93. The third-order valence-electron chi connectivity index (χ3n) is 3.16. The highest BCUT2D eigenvalue weighted by Crippen LogP contribution is 2.25. The van der Waals surface area contributed by atoms with Crippen LogP contribution in [0.1, 0.15) is 30.0 Å². The van der Waals surface area contributed by atoms with Crippen LogP contribution < -0.4 is 5.73 Å². The predicted molar refractivity (Wildman–Crippen MR) is 60.7 cm³/mol. The molecule has 1 atom stereocenters. The zero-order chi connectivity index (χ0) is 10.9. The second-order valence-corrected chi connectivity index (χ2v) is 4.75. The Hall–Kier alpha value is -0.890. The smallest absolute Gasteiger partial charge is 0.124 e. The summed E-state index contributed by atoms with van der Waals surface area (Å²) in [5.74, 6) is 0. The van der Waals surface area contributed by atoms with E-state index in [1.54, 1.807) is 6.92 Å². The maximum absolute atomic E-state index is 13.7.